The first-order chi connectivity index (χ1) is 12.3. The summed E-state index contributed by atoms with van der Waals surface area (Å²) in [6.45, 7) is 7.70. The first-order valence-electron chi connectivity index (χ1n) is 8.94. The highest BCUT2D eigenvalue weighted by atomic mass is 16.2. The van der Waals surface area contributed by atoms with Crippen molar-refractivity contribution in [3.63, 3.8) is 0 Å². The van der Waals surface area contributed by atoms with Crippen molar-refractivity contribution >= 4 is 17.7 Å². The van der Waals surface area contributed by atoms with Gasteiger partial charge in [-0.2, -0.15) is 10.1 Å². The van der Waals surface area contributed by atoms with E-state index in [0.29, 0.717) is 31.6 Å². The second kappa shape index (κ2) is 7.31. The predicted molar refractivity (Wildman–Crippen MR) is 101 cm³/mol. The summed E-state index contributed by atoms with van der Waals surface area (Å²) in [6, 6.07) is 0.341. The molecular weight excluding hydrogens is 330 g/mol. The third-order valence-corrected chi connectivity index (χ3v) is 4.54. The molecule has 3 heterocycles. The molecule has 0 spiro atoms. The molecule has 0 saturated heterocycles. The van der Waals surface area contributed by atoms with Gasteiger partial charge in [-0.05, 0) is 20.3 Å². The first kappa shape index (κ1) is 18.2. The molecule has 8 nitrogen and oxygen atoms in total. The van der Waals surface area contributed by atoms with Crippen molar-refractivity contribution in [3.8, 4) is 0 Å². The average molecular weight is 357 g/mol. The SMILES string of the molecule is CC(=O)N1CCc2c(nc(N(C)C)nc2NCc2cnn(C(C)C)c2)C1. The van der Waals surface area contributed by atoms with Gasteiger partial charge in [0, 0.05) is 57.5 Å². The van der Waals surface area contributed by atoms with Crippen LogP contribution >= 0.6 is 0 Å². The largest absolute Gasteiger partial charge is 0.365 e. The van der Waals surface area contributed by atoms with E-state index in [2.05, 4.69) is 40.4 Å². The zero-order valence-electron chi connectivity index (χ0n) is 16.2. The lowest BCUT2D eigenvalue weighted by molar-refractivity contribution is -0.129. The fraction of sp³-hybridized carbons (Fsp3) is 0.556. The molecule has 3 rings (SSSR count). The molecule has 26 heavy (non-hydrogen) atoms. The van der Waals surface area contributed by atoms with Gasteiger partial charge in [-0.3, -0.25) is 9.48 Å². The maximum atomic E-state index is 11.7. The lowest BCUT2D eigenvalue weighted by Crippen LogP contribution is -2.35. The highest BCUT2D eigenvalue weighted by Gasteiger charge is 2.24. The van der Waals surface area contributed by atoms with Gasteiger partial charge >= 0.3 is 0 Å². The summed E-state index contributed by atoms with van der Waals surface area (Å²) < 4.78 is 1.95. The summed E-state index contributed by atoms with van der Waals surface area (Å²) in [5.41, 5.74) is 3.13. The predicted octanol–water partition coefficient (Wildman–Crippen LogP) is 1.84. The zero-order valence-corrected chi connectivity index (χ0v) is 16.2. The molecule has 140 valence electrons. The van der Waals surface area contributed by atoms with Crippen molar-refractivity contribution in [2.75, 3.05) is 30.9 Å². The summed E-state index contributed by atoms with van der Waals surface area (Å²) in [5, 5.41) is 7.83. The van der Waals surface area contributed by atoms with Gasteiger partial charge in [0.05, 0.1) is 18.4 Å². The van der Waals surface area contributed by atoms with E-state index in [9.17, 15) is 4.79 Å². The highest BCUT2D eigenvalue weighted by molar-refractivity contribution is 5.73. The van der Waals surface area contributed by atoms with Crippen LogP contribution in [0.1, 0.15) is 43.6 Å². The number of carbonyl (C=O) groups is 1. The molecule has 0 radical (unpaired) electrons. The normalized spacial score (nSPS) is 13.7. The molecule has 8 heteroatoms. The summed E-state index contributed by atoms with van der Waals surface area (Å²) in [5.74, 6) is 1.57. The van der Waals surface area contributed by atoms with Crippen LogP contribution < -0.4 is 10.2 Å². The van der Waals surface area contributed by atoms with Gasteiger partial charge in [0.15, 0.2) is 0 Å². The Bertz CT molecular complexity index is 797. The Morgan fingerprint density at radius 2 is 2.12 bits per heavy atom. The maximum absolute atomic E-state index is 11.7. The Morgan fingerprint density at radius 1 is 1.35 bits per heavy atom. The van der Waals surface area contributed by atoms with E-state index in [1.807, 2.05) is 34.8 Å². The molecule has 1 N–H and O–H groups in total. The number of carbonyl (C=O) groups excluding carboxylic acids is 1. The minimum Gasteiger partial charge on any atom is -0.365 e. The number of aromatic nitrogens is 4. The standard InChI is InChI=1S/C18H27N7O/c1-12(2)25-10-14(9-20-25)8-19-17-15-6-7-24(13(3)26)11-16(15)21-18(22-17)23(4)5/h9-10,12H,6-8,11H2,1-5H3,(H,19,21,22). The van der Waals surface area contributed by atoms with Crippen molar-refractivity contribution in [1.82, 2.24) is 24.6 Å². The quantitative estimate of drug-likeness (QED) is 0.880. The third-order valence-electron chi connectivity index (χ3n) is 4.54. The summed E-state index contributed by atoms with van der Waals surface area (Å²) in [6.07, 6.45) is 4.69. The van der Waals surface area contributed by atoms with Gasteiger partial charge < -0.3 is 15.1 Å². The number of amides is 1. The number of rotatable bonds is 5. The zero-order chi connectivity index (χ0) is 18.8. The van der Waals surface area contributed by atoms with Crippen LogP contribution in [0.2, 0.25) is 0 Å². The Hall–Kier alpha value is -2.64. The molecule has 1 amide bonds. The van der Waals surface area contributed by atoms with E-state index < -0.39 is 0 Å². The van der Waals surface area contributed by atoms with Gasteiger partial charge in [0.2, 0.25) is 11.9 Å². The molecule has 0 aromatic carbocycles. The molecule has 0 atom stereocenters. The van der Waals surface area contributed by atoms with Crippen molar-refractivity contribution in [2.45, 2.75) is 46.3 Å². The van der Waals surface area contributed by atoms with Crippen molar-refractivity contribution in [1.29, 1.82) is 0 Å². The Morgan fingerprint density at radius 3 is 2.73 bits per heavy atom. The minimum absolute atomic E-state index is 0.0799. The van der Waals surface area contributed by atoms with Crippen molar-refractivity contribution < 1.29 is 4.79 Å². The van der Waals surface area contributed by atoms with Crippen LogP contribution in [0.4, 0.5) is 11.8 Å². The summed E-state index contributed by atoms with van der Waals surface area (Å²) in [4.78, 5) is 24.8. The lowest BCUT2D eigenvalue weighted by Gasteiger charge is -2.29. The Kier molecular flexibility index (Phi) is 5.11. The van der Waals surface area contributed by atoms with Crippen LogP contribution in [-0.4, -0.2) is 51.2 Å². The second-order valence-electron chi connectivity index (χ2n) is 7.16. The second-order valence-corrected chi connectivity index (χ2v) is 7.16. The van der Waals surface area contributed by atoms with Gasteiger partial charge in [0.1, 0.15) is 5.82 Å². The topological polar surface area (TPSA) is 79.2 Å². The third kappa shape index (κ3) is 3.79. The number of anilines is 2. The first-order valence-corrected chi connectivity index (χ1v) is 8.94. The molecule has 0 aliphatic carbocycles. The van der Waals surface area contributed by atoms with Gasteiger partial charge in [-0.15, -0.1) is 0 Å². The molecule has 0 bridgehead atoms. The van der Waals surface area contributed by atoms with Gasteiger partial charge in [0.25, 0.3) is 0 Å². The summed E-state index contributed by atoms with van der Waals surface area (Å²) in [7, 11) is 3.84. The van der Waals surface area contributed by atoms with E-state index in [4.69, 9.17) is 0 Å². The monoisotopic (exact) mass is 357 g/mol. The van der Waals surface area contributed by atoms with Crippen LogP contribution in [0, 0.1) is 0 Å². The van der Waals surface area contributed by atoms with Crippen LogP contribution in [0.25, 0.3) is 0 Å². The number of hydrogen-bond donors (Lipinski definition) is 1. The van der Waals surface area contributed by atoms with Crippen molar-refractivity contribution in [3.05, 3.63) is 29.2 Å². The number of hydrogen-bond acceptors (Lipinski definition) is 6. The molecule has 0 unspecified atom stereocenters. The molecule has 1 aliphatic rings. The molecular formula is C18H27N7O. The number of fused-ring (bicyclic) bond motifs is 1. The number of nitrogens with one attached hydrogen (secondary N) is 1. The minimum atomic E-state index is 0.0799. The number of nitrogens with zero attached hydrogens (tertiary/aromatic N) is 6. The van der Waals surface area contributed by atoms with Gasteiger partial charge in [-0.1, -0.05) is 0 Å². The fourth-order valence-electron chi connectivity index (χ4n) is 2.97. The van der Waals surface area contributed by atoms with E-state index in [0.717, 1.165) is 29.1 Å². The van der Waals surface area contributed by atoms with Crippen LogP contribution in [0.5, 0.6) is 0 Å². The Labute approximate surface area is 154 Å². The van der Waals surface area contributed by atoms with E-state index in [1.54, 1.807) is 6.92 Å². The van der Waals surface area contributed by atoms with E-state index in [1.165, 1.54) is 0 Å². The lowest BCUT2D eigenvalue weighted by atomic mass is 10.1. The average Bonchev–Trinajstić information content (AvgIpc) is 3.08. The molecule has 2 aromatic heterocycles. The van der Waals surface area contributed by atoms with Crippen LogP contribution in [0.3, 0.4) is 0 Å². The Balaban J connectivity index is 1.84. The highest BCUT2D eigenvalue weighted by Crippen LogP contribution is 2.26. The molecule has 1 aliphatic heterocycles. The van der Waals surface area contributed by atoms with Crippen LogP contribution in [-0.2, 0) is 24.3 Å². The molecule has 2 aromatic rings. The van der Waals surface area contributed by atoms with E-state index in [-0.39, 0.29) is 5.91 Å². The smallest absolute Gasteiger partial charge is 0.227 e. The van der Waals surface area contributed by atoms with Crippen LogP contribution in [0.15, 0.2) is 12.4 Å². The van der Waals surface area contributed by atoms with Crippen molar-refractivity contribution in [2.24, 2.45) is 0 Å². The fourth-order valence-corrected chi connectivity index (χ4v) is 2.97. The van der Waals surface area contributed by atoms with E-state index >= 15 is 0 Å². The maximum Gasteiger partial charge on any atom is 0.227 e. The molecule has 0 saturated carbocycles. The molecule has 0 fully saturated rings. The van der Waals surface area contributed by atoms with Gasteiger partial charge in [-0.25, -0.2) is 4.98 Å². The summed E-state index contributed by atoms with van der Waals surface area (Å²) >= 11 is 0.